The summed E-state index contributed by atoms with van der Waals surface area (Å²) in [6, 6.07) is 5.71. The first-order valence-corrected chi connectivity index (χ1v) is 5.75. The monoisotopic (exact) mass is 222 g/mol. The highest BCUT2D eigenvalue weighted by atomic mass is 16.3. The van der Waals surface area contributed by atoms with Crippen molar-refractivity contribution in [2.24, 2.45) is 5.92 Å². The van der Waals surface area contributed by atoms with Crippen molar-refractivity contribution in [2.45, 2.75) is 26.9 Å². The van der Waals surface area contributed by atoms with E-state index in [0.29, 0.717) is 12.5 Å². The molecule has 0 bridgehead atoms. The average Bonchev–Trinajstić information content (AvgIpc) is 2.21. The third-order valence-electron chi connectivity index (χ3n) is 2.58. The van der Waals surface area contributed by atoms with E-state index in [1.807, 2.05) is 25.1 Å². The normalized spacial score (nSPS) is 13.1. The van der Waals surface area contributed by atoms with Gasteiger partial charge in [-0.2, -0.15) is 0 Å². The molecular weight excluding hydrogens is 200 g/mol. The van der Waals surface area contributed by atoms with Gasteiger partial charge in [-0.25, -0.2) is 0 Å². The second-order valence-corrected chi connectivity index (χ2v) is 4.68. The van der Waals surface area contributed by atoms with Gasteiger partial charge >= 0.3 is 0 Å². The second-order valence-electron chi connectivity index (χ2n) is 4.68. The van der Waals surface area contributed by atoms with Crippen LogP contribution < -0.4 is 11.1 Å². The molecule has 1 aromatic carbocycles. The maximum Gasteiger partial charge on any atom is 0.0915 e. The van der Waals surface area contributed by atoms with Crippen molar-refractivity contribution in [1.82, 2.24) is 5.32 Å². The van der Waals surface area contributed by atoms with Crippen LogP contribution in [0, 0.1) is 12.8 Å². The van der Waals surface area contributed by atoms with Gasteiger partial charge in [0.05, 0.1) is 6.10 Å². The number of nitrogens with one attached hydrogen (secondary N) is 1. The van der Waals surface area contributed by atoms with Crippen LogP contribution in [0.15, 0.2) is 18.2 Å². The topological polar surface area (TPSA) is 58.3 Å². The fourth-order valence-corrected chi connectivity index (χ4v) is 1.49. The summed E-state index contributed by atoms with van der Waals surface area (Å²) in [5, 5.41) is 13.2. The van der Waals surface area contributed by atoms with Crippen molar-refractivity contribution >= 4 is 5.69 Å². The van der Waals surface area contributed by atoms with E-state index in [4.69, 9.17) is 5.73 Å². The highest BCUT2D eigenvalue weighted by molar-refractivity contribution is 5.48. The molecule has 0 saturated carbocycles. The zero-order valence-electron chi connectivity index (χ0n) is 10.3. The molecule has 1 atom stereocenters. The van der Waals surface area contributed by atoms with Crippen molar-refractivity contribution < 1.29 is 5.11 Å². The van der Waals surface area contributed by atoms with Crippen LogP contribution in [0.25, 0.3) is 0 Å². The Morgan fingerprint density at radius 1 is 1.31 bits per heavy atom. The number of anilines is 1. The third kappa shape index (κ3) is 3.83. The second kappa shape index (κ2) is 5.87. The summed E-state index contributed by atoms with van der Waals surface area (Å²) >= 11 is 0. The Kier molecular flexibility index (Phi) is 4.77. The highest BCUT2D eigenvalue weighted by Gasteiger charge is 2.08. The van der Waals surface area contributed by atoms with Crippen LogP contribution in [0.1, 0.15) is 31.1 Å². The third-order valence-corrected chi connectivity index (χ3v) is 2.58. The Morgan fingerprint density at radius 3 is 2.56 bits per heavy atom. The lowest BCUT2D eigenvalue weighted by molar-refractivity contribution is 0.173. The predicted octanol–water partition coefficient (Wildman–Crippen LogP) is 1.86. The summed E-state index contributed by atoms with van der Waals surface area (Å²) in [4.78, 5) is 0. The minimum absolute atomic E-state index is 0.485. The number of aliphatic hydroxyl groups excluding tert-OH is 1. The Labute approximate surface area is 97.7 Å². The average molecular weight is 222 g/mol. The highest BCUT2D eigenvalue weighted by Crippen LogP contribution is 2.18. The summed E-state index contributed by atoms with van der Waals surface area (Å²) in [5.41, 5.74) is 8.46. The lowest BCUT2D eigenvalue weighted by Gasteiger charge is -2.14. The Bertz CT molecular complexity index is 337. The van der Waals surface area contributed by atoms with E-state index in [1.54, 1.807) is 0 Å². The quantitative estimate of drug-likeness (QED) is 0.666. The maximum atomic E-state index is 9.93. The van der Waals surface area contributed by atoms with Crippen LogP contribution in [0.2, 0.25) is 0 Å². The lowest BCUT2D eigenvalue weighted by atomic mass is 10.1. The number of aliphatic hydroxyl groups is 1. The van der Waals surface area contributed by atoms with Gasteiger partial charge < -0.3 is 16.2 Å². The minimum Gasteiger partial charge on any atom is -0.399 e. The molecule has 1 unspecified atom stereocenters. The van der Waals surface area contributed by atoms with E-state index in [9.17, 15) is 5.11 Å². The first-order chi connectivity index (χ1) is 7.50. The first kappa shape index (κ1) is 13.0. The van der Waals surface area contributed by atoms with E-state index in [1.165, 1.54) is 0 Å². The number of rotatable bonds is 5. The molecule has 0 aliphatic heterocycles. The zero-order valence-corrected chi connectivity index (χ0v) is 10.3. The molecule has 0 aliphatic carbocycles. The number of aryl methyl sites for hydroxylation is 1. The molecule has 4 N–H and O–H groups in total. The van der Waals surface area contributed by atoms with Crippen molar-refractivity contribution in [2.75, 3.05) is 18.8 Å². The molecule has 0 aliphatic rings. The molecule has 0 radical (unpaired) electrons. The number of nitrogen functional groups attached to an aromatic ring is 1. The summed E-state index contributed by atoms with van der Waals surface area (Å²) in [6.07, 6.45) is -0.485. The molecule has 3 heteroatoms. The molecule has 0 heterocycles. The Hall–Kier alpha value is -1.06. The van der Waals surface area contributed by atoms with Crippen molar-refractivity contribution in [3.05, 3.63) is 29.3 Å². The number of benzene rings is 1. The van der Waals surface area contributed by atoms with E-state index >= 15 is 0 Å². The van der Waals surface area contributed by atoms with E-state index in [2.05, 4.69) is 19.2 Å². The van der Waals surface area contributed by atoms with Crippen LogP contribution in [0.3, 0.4) is 0 Å². The van der Waals surface area contributed by atoms with Crippen LogP contribution in [-0.4, -0.2) is 18.2 Å². The number of nitrogens with two attached hydrogens (primary N) is 1. The van der Waals surface area contributed by atoms with Crippen LogP contribution in [0.5, 0.6) is 0 Å². The fraction of sp³-hybridized carbons (Fsp3) is 0.538. The van der Waals surface area contributed by atoms with Gasteiger partial charge in [-0.05, 0) is 36.6 Å². The maximum absolute atomic E-state index is 9.93. The largest absolute Gasteiger partial charge is 0.399 e. The van der Waals surface area contributed by atoms with Gasteiger partial charge in [0.25, 0.3) is 0 Å². The fourth-order valence-electron chi connectivity index (χ4n) is 1.49. The molecular formula is C13H22N2O. The van der Waals surface area contributed by atoms with Crippen LogP contribution in [-0.2, 0) is 0 Å². The van der Waals surface area contributed by atoms with Gasteiger partial charge in [0.2, 0.25) is 0 Å². The lowest BCUT2D eigenvalue weighted by Crippen LogP contribution is -2.25. The summed E-state index contributed by atoms with van der Waals surface area (Å²) in [7, 11) is 0. The molecule has 0 amide bonds. The number of hydrogen-bond acceptors (Lipinski definition) is 3. The molecule has 1 aromatic rings. The zero-order chi connectivity index (χ0) is 12.1. The van der Waals surface area contributed by atoms with E-state index in [-0.39, 0.29) is 0 Å². The van der Waals surface area contributed by atoms with Gasteiger partial charge in [-0.3, -0.25) is 0 Å². The summed E-state index contributed by atoms with van der Waals surface area (Å²) in [6.45, 7) is 7.73. The molecule has 0 saturated heterocycles. The number of hydrogen-bond donors (Lipinski definition) is 3. The first-order valence-electron chi connectivity index (χ1n) is 5.75. The standard InChI is InChI=1S/C13H22N2O/c1-9(2)7-15-8-13(16)11-5-4-10(3)12(14)6-11/h4-6,9,13,15-16H,7-8,14H2,1-3H3. The van der Waals surface area contributed by atoms with E-state index < -0.39 is 6.10 Å². The van der Waals surface area contributed by atoms with Gasteiger partial charge in [0, 0.05) is 12.2 Å². The summed E-state index contributed by atoms with van der Waals surface area (Å²) in [5.74, 6) is 0.593. The van der Waals surface area contributed by atoms with E-state index in [0.717, 1.165) is 23.4 Å². The molecule has 90 valence electrons. The van der Waals surface area contributed by atoms with Gasteiger partial charge in [-0.1, -0.05) is 26.0 Å². The molecule has 3 nitrogen and oxygen atoms in total. The van der Waals surface area contributed by atoms with Crippen LogP contribution in [0.4, 0.5) is 5.69 Å². The molecule has 0 spiro atoms. The summed E-state index contributed by atoms with van der Waals surface area (Å²) < 4.78 is 0. The molecule has 0 fully saturated rings. The molecule has 16 heavy (non-hydrogen) atoms. The van der Waals surface area contributed by atoms with Gasteiger partial charge in [0.15, 0.2) is 0 Å². The SMILES string of the molecule is Cc1ccc(C(O)CNCC(C)C)cc1N. The Balaban J connectivity index is 2.52. The van der Waals surface area contributed by atoms with Crippen molar-refractivity contribution in [3.63, 3.8) is 0 Å². The Morgan fingerprint density at radius 2 is 2.00 bits per heavy atom. The van der Waals surface area contributed by atoms with Crippen molar-refractivity contribution in [3.8, 4) is 0 Å². The van der Waals surface area contributed by atoms with Gasteiger partial charge in [0.1, 0.15) is 0 Å². The minimum atomic E-state index is -0.485. The molecule has 1 rings (SSSR count). The van der Waals surface area contributed by atoms with Gasteiger partial charge in [-0.15, -0.1) is 0 Å². The molecule has 0 aromatic heterocycles. The van der Waals surface area contributed by atoms with Crippen molar-refractivity contribution in [1.29, 1.82) is 0 Å². The smallest absolute Gasteiger partial charge is 0.0915 e. The van der Waals surface area contributed by atoms with Crippen LogP contribution >= 0.6 is 0 Å². The predicted molar refractivity (Wildman–Crippen MR) is 68.3 cm³/mol.